The van der Waals surface area contributed by atoms with E-state index in [2.05, 4.69) is 12.2 Å². The first kappa shape index (κ1) is 14.0. The molecule has 0 aliphatic rings. The highest BCUT2D eigenvalue weighted by Crippen LogP contribution is 2.13. The molecule has 3 N–H and O–H groups in total. The Morgan fingerprint density at radius 1 is 1.29 bits per heavy atom. The van der Waals surface area contributed by atoms with E-state index in [0.29, 0.717) is 4.90 Å². The number of sulfone groups is 1. The van der Waals surface area contributed by atoms with Gasteiger partial charge in [-0.15, -0.1) is 0 Å². The fourth-order valence-electron chi connectivity index (χ4n) is 1.43. The molecule has 0 aliphatic heterocycles. The predicted octanol–water partition coefficient (Wildman–Crippen LogP) is 1.63. The van der Waals surface area contributed by atoms with Crippen LogP contribution in [0.25, 0.3) is 0 Å². The molecular weight excluding hydrogens is 236 g/mol. The summed E-state index contributed by atoms with van der Waals surface area (Å²) in [6.07, 6.45) is 3.08. The van der Waals surface area contributed by atoms with Gasteiger partial charge in [0.15, 0.2) is 9.84 Å². The third-order valence-corrected chi connectivity index (χ3v) is 3.78. The number of anilines is 1. The molecule has 0 spiro atoms. The molecule has 1 rings (SSSR count). The second-order valence-corrected chi connectivity index (χ2v) is 6.20. The summed E-state index contributed by atoms with van der Waals surface area (Å²) in [4.78, 5) is 0.341. The van der Waals surface area contributed by atoms with Crippen molar-refractivity contribution in [1.82, 2.24) is 0 Å². The van der Waals surface area contributed by atoms with Gasteiger partial charge in [0.25, 0.3) is 0 Å². The van der Waals surface area contributed by atoms with Gasteiger partial charge in [-0.25, -0.2) is 8.42 Å². The maximum Gasteiger partial charge on any atom is 0.175 e. The molecule has 0 amide bonds. The first-order valence-electron chi connectivity index (χ1n) is 5.73. The Hall–Kier alpha value is -1.07. The van der Waals surface area contributed by atoms with Gasteiger partial charge in [-0.3, -0.25) is 0 Å². The van der Waals surface area contributed by atoms with Gasteiger partial charge in [-0.1, -0.05) is 6.92 Å². The minimum atomic E-state index is -3.11. The van der Waals surface area contributed by atoms with Crippen molar-refractivity contribution in [3.8, 4) is 0 Å². The zero-order valence-corrected chi connectivity index (χ0v) is 11.1. The van der Waals surface area contributed by atoms with E-state index in [1.54, 1.807) is 24.3 Å². The number of nitrogens with one attached hydrogen (secondary N) is 1. The van der Waals surface area contributed by atoms with E-state index in [1.807, 2.05) is 0 Å². The van der Waals surface area contributed by atoms with Crippen LogP contribution >= 0.6 is 0 Å². The lowest BCUT2D eigenvalue weighted by Crippen LogP contribution is -2.22. The summed E-state index contributed by atoms with van der Waals surface area (Å²) >= 11 is 0. The zero-order valence-electron chi connectivity index (χ0n) is 10.3. The second kappa shape index (κ2) is 6.02. The van der Waals surface area contributed by atoms with Gasteiger partial charge in [0, 0.05) is 24.5 Å². The third kappa shape index (κ3) is 4.75. The van der Waals surface area contributed by atoms with E-state index in [1.165, 1.54) is 6.26 Å². The quantitative estimate of drug-likeness (QED) is 0.811. The highest BCUT2D eigenvalue weighted by molar-refractivity contribution is 7.90. The Kier molecular flexibility index (Phi) is 4.96. The van der Waals surface area contributed by atoms with Crippen LogP contribution in [-0.2, 0) is 9.84 Å². The van der Waals surface area contributed by atoms with Crippen LogP contribution in [0.5, 0.6) is 0 Å². The summed E-state index contributed by atoms with van der Waals surface area (Å²) in [6.45, 7) is 2.86. The fourth-order valence-corrected chi connectivity index (χ4v) is 2.06. The van der Waals surface area contributed by atoms with Gasteiger partial charge < -0.3 is 11.1 Å². The molecular formula is C12H20N2O2S. The molecule has 0 fully saturated rings. The molecule has 0 aromatic heterocycles. The first-order valence-corrected chi connectivity index (χ1v) is 7.62. The Bertz CT molecular complexity index is 440. The molecule has 0 heterocycles. The Morgan fingerprint density at radius 3 is 2.35 bits per heavy atom. The SMILES string of the molecule is CCC(N)CCNc1ccc(S(C)(=O)=O)cc1. The number of rotatable bonds is 6. The minimum Gasteiger partial charge on any atom is -0.385 e. The van der Waals surface area contributed by atoms with Gasteiger partial charge in [0.1, 0.15) is 0 Å². The van der Waals surface area contributed by atoms with Crippen molar-refractivity contribution in [2.75, 3.05) is 18.1 Å². The van der Waals surface area contributed by atoms with E-state index >= 15 is 0 Å². The van der Waals surface area contributed by atoms with Gasteiger partial charge in [-0.05, 0) is 37.1 Å². The molecule has 17 heavy (non-hydrogen) atoms. The largest absolute Gasteiger partial charge is 0.385 e. The topological polar surface area (TPSA) is 72.2 Å². The molecule has 0 saturated heterocycles. The average molecular weight is 256 g/mol. The molecule has 4 nitrogen and oxygen atoms in total. The third-order valence-electron chi connectivity index (χ3n) is 2.65. The highest BCUT2D eigenvalue weighted by Gasteiger charge is 2.05. The number of nitrogens with two attached hydrogens (primary N) is 1. The van der Waals surface area contributed by atoms with Crippen LogP contribution in [0.4, 0.5) is 5.69 Å². The Balaban J connectivity index is 2.52. The zero-order chi connectivity index (χ0) is 12.9. The Labute approximate surface area is 103 Å². The summed E-state index contributed by atoms with van der Waals surface area (Å²) in [5.74, 6) is 0. The van der Waals surface area contributed by atoms with E-state index in [0.717, 1.165) is 25.1 Å². The molecule has 0 radical (unpaired) electrons. The van der Waals surface area contributed by atoms with Gasteiger partial charge in [0.2, 0.25) is 0 Å². The summed E-state index contributed by atoms with van der Waals surface area (Å²) in [5, 5.41) is 3.21. The molecule has 1 aromatic rings. The van der Waals surface area contributed by atoms with E-state index < -0.39 is 9.84 Å². The van der Waals surface area contributed by atoms with E-state index in [4.69, 9.17) is 5.73 Å². The number of benzene rings is 1. The summed E-state index contributed by atoms with van der Waals surface area (Å²) < 4.78 is 22.5. The monoisotopic (exact) mass is 256 g/mol. The van der Waals surface area contributed by atoms with Gasteiger partial charge >= 0.3 is 0 Å². The lowest BCUT2D eigenvalue weighted by Gasteiger charge is -2.10. The maximum absolute atomic E-state index is 11.2. The summed E-state index contributed by atoms with van der Waals surface area (Å²) in [7, 11) is -3.11. The molecule has 96 valence electrons. The normalized spacial score (nSPS) is 13.4. The molecule has 1 atom stereocenters. The maximum atomic E-state index is 11.2. The van der Waals surface area contributed by atoms with Crippen molar-refractivity contribution in [1.29, 1.82) is 0 Å². The molecule has 1 aromatic carbocycles. The number of hydrogen-bond donors (Lipinski definition) is 2. The molecule has 1 unspecified atom stereocenters. The smallest absolute Gasteiger partial charge is 0.175 e. The van der Waals surface area contributed by atoms with Crippen LogP contribution in [0.1, 0.15) is 19.8 Å². The van der Waals surface area contributed by atoms with Crippen molar-refractivity contribution in [3.05, 3.63) is 24.3 Å². The lowest BCUT2D eigenvalue weighted by atomic mass is 10.2. The predicted molar refractivity (Wildman–Crippen MR) is 70.9 cm³/mol. The van der Waals surface area contributed by atoms with Crippen LogP contribution in [0.15, 0.2) is 29.2 Å². The van der Waals surface area contributed by atoms with E-state index in [-0.39, 0.29) is 6.04 Å². The molecule has 0 aliphatic carbocycles. The van der Waals surface area contributed by atoms with Crippen LogP contribution < -0.4 is 11.1 Å². The van der Waals surface area contributed by atoms with Crippen LogP contribution in [0.2, 0.25) is 0 Å². The number of hydrogen-bond acceptors (Lipinski definition) is 4. The van der Waals surface area contributed by atoms with Crippen molar-refractivity contribution in [3.63, 3.8) is 0 Å². The van der Waals surface area contributed by atoms with Crippen LogP contribution in [0.3, 0.4) is 0 Å². The lowest BCUT2D eigenvalue weighted by molar-refractivity contribution is 0.602. The first-order chi connectivity index (χ1) is 7.93. The standard InChI is InChI=1S/C12H20N2O2S/c1-3-10(13)8-9-14-11-4-6-12(7-5-11)17(2,15)16/h4-7,10,14H,3,8-9,13H2,1-2H3. The van der Waals surface area contributed by atoms with Gasteiger partial charge in [0.05, 0.1) is 4.90 Å². The van der Waals surface area contributed by atoms with Crippen molar-refractivity contribution in [2.24, 2.45) is 5.73 Å². The summed E-state index contributed by atoms with van der Waals surface area (Å²) in [5.41, 5.74) is 6.72. The molecule has 0 saturated carbocycles. The van der Waals surface area contributed by atoms with E-state index in [9.17, 15) is 8.42 Å². The molecule has 0 bridgehead atoms. The van der Waals surface area contributed by atoms with Gasteiger partial charge in [-0.2, -0.15) is 0 Å². The van der Waals surface area contributed by atoms with Crippen molar-refractivity contribution < 1.29 is 8.42 Å². The molecule has 5 heteroatoms. The Morgan fingerprint density at radius 2 is 1.88 bits per heavy atom. The highest BCUT2D eigenvalue weighted by atomic mass is 32.2. The minimum absolute atomic E-state index is 0.220. The van der Waals surface area contributed by atoms with Crippen LogP contribution in [-0.4, -0.2) is 27.3 Å². The summed E-state index contributed by atoms with van der Waals surface area (Å²) in [6, 6.07) is 6.98. The second-order valence-electron chi connectivity index (χ2n) is 4.18. The van der Waals surface area contributed by atoms with Crippen molar-refractivity contribution in [2.45, 2.75) is 30.7 Å². The van der Waals surface area contributed by atoms with Crippen molar-refractivity contribution >= 4 is 15.5 Å². The fraction of sp³-hybridized carbons (Fsp3) is 0.500. The van der Waals surface area contributed by atoms with Crippen LogP contribution in [0, 0.1) is 0 Å². The average Bonchev–Trinajstić information content (AvgIpc) is 2.28.